The number of para-hydroxylation sites is 1. The predicted octanol–water partition coefficient (Wildman–Crippen LogP) is 3.94. The summed E-state index contributed by atoms with van der Waals surface area (Å²) in [7, 11) is 0. The molecule has 0 unspecified atom stereocenters. The molecule has 6 heteroatoms. The molecule has 1 heterocycles. The molecular weight excluding hydrogens is 360 g/mol. The number of aliphatic imine (C=N–C) groups is 1. The van der Waals surface area contributed by atoms with Crippen LogP contribution >= 0.6 is 11.8 Å². The van der Waals surface area contributed by atoms with Gasteiger partial charge in [0.15, 0.2) is 5.17 Å². The van der Waals surface area contributed by atoms with Gasteiger partial charge in [0.1, 0.15) is 12.4 Å². The van der Waals surface area contributed by atoms with Crippen LogP contribution in [0.4, 0.5) is 5.69 Å². The Morgan fingerprint density at radius 3 is 2.48 bits per heavy atom. The van der Waals surface area contributed by atoms with Crippen molar-refractivity contribution in [1.29, 1.82) is 0 Å². The van der Waals surface area contributed by atoms with Gasteiger partial charge in [0, 0.05) is 6.04 Å². The van der Waals surface area contributed by atoms with Crippen LogP contribution in [0.15, 0.2) is 64.5 Å². The van der Waals surface area contributed by atoms with Gasteiger partial charge in [-0.15, -0.1) is 0 Å². The molecule has 1 fully saturated rings. The van der Waals surface area contributed by atoms with Crippen molar-refractivity contribution in [1.82, 2.24) is 0 Å². The van der Waals surface area contributed by atoms with E-state index in [2.05, 4.69) is 4.99 Å². The Morgan fingerprint density at radius 1 is 1.15 bits per heavy atom. The summed E-state index contributed by atoms with van der Waals surface area (Å²) in [5.41, 5.74) is 1.71. The van der Waals surface area contributed by atoms with Crippen molar-refractivity contribution in [2.75, 3.05) is 18.1 Å². The zero-order valence-corrected chi connectivity index (χ0v) is 16.1. The van der Waals surface area contributed by atoms with Crippen molar-refractivity contribution in [3.05, 3.63) is 65.1 Å². The Bertz CT molecular complexity index is 845. The van der Waals surface area contributed by atoms with Gasteiger partial charge < -0.3 is 9.84 Å². The molecule has 140 valence electrons. The number of carbonyl (C=O) groups is 1. The highest BCUT2D eigenvalue weighted by atomic mass is 32.2. The van der Waals surface area contributed by atoms with Gasteiger partial charge in [-0.3, -0.25) is 14.7 Å². The number of thioether (sulfide) groups is 1. The number of aliphatic hydroxyl groups excluding tert-OH is 1. The fraction of sp³-hybridized carbons (Fsp3) is 0.238. The summed E-state index contributed by atoms with van der Waals surface area (Å²) in [5, 5.41) is 9.51. The summed E-state index contributed by atoms with van der Waals surface area (Å²) in [6, 6.07) is 17.1. The van der Waals surface area contributed by atoms with E-state index in [0.717, 1.165) is 11.3 Å². The lowest BCUT2D eigenvalue weighted by Gasteiger charge is -2.16. The topological polar surface area (TPSA) is 62.1 Å². The van der Waals surface area contributed by atoms with Gasteiger partial charge >= 0.3 is 0 Å². The van der Waals surface area contributed by atoms with Crippen molar-refractivity contribution >= 4 is 34.6 Å². The Hall–Kier alpha value is -2.57. The molecule has 3 rings (SSSR count). The van der Waals surface area contributed by atoms with E-state index in [0.29, 0.717) is 15.8 Å². The predicted molar refractivity (Wildman–Crippen MR) is 111 cm³/mol. The van der Waals surface area contributed by atoms with Crippen LogP contribution in [0.5, 0.6) is 5.75 Å². The normalized spacial score (nSPS) is 17.3. The first kappa shape index (κ1) is 19.2. The number of ether oxygens (including phenoxy) is 1. The molecule has 1 aliphatic rings. The van der Waals surface area contributed by atoms with Crippen molar-refractivity contribution in [2.24, 2.45) is 4.99 Å². The maximum Gasteiger partial charge on any atom is 0.271 e. The number of hydrogen-bond donors (Lipinski definition) is 1. The van der Waals surface area contributed by atoms with Gasteiger partial charge in [0.05, 0.1) is 17.2 Å². The number of amidine groups is 1. The second-order valence-electron chi connectivity index (χ2n) is 6.23. The van der Waals surface area contributed by atoms with Crippen LogP contribution in [0.3, 0.4) is 0 Å². The summed E-state index contributed by atoms with van der Waals surface area (Å²) >= 11 is 1.39. The quantitative estimate of drug-likeness (QED) is 0.769. The van der Waals surface area contributed by atoms with E-state index in [9.17, 15) is 4.79 Å². The molecule has 1 saturated heterocycles. The summed E-state index contributed by atoms with van der Waals surface area (Å²) in [6.07, 6.45) is 1.86. The monoisotopic (exact) mass is 382 g/mol. The van der Waals surface area contributed by atoms with Crippen molar-refractivity contribution in [2.45, 2.75) is 19.9 Å². The summed E-state index contributed by atoms with van der Waals surface area (Å²) in [6.45, 7) is 4.22. The van der Waals surface area contributed by atoms with Crippen molar-refractivity contribution < 1.29 is 14.6 Å². The smallest absolute Gasteiger partial charge is 0.271 e. The average Bonchev–Trinajstić information content (AvgIpc) is 2.96. The van der Waals surface area contributed by atoms with Crippen LogP contribution in [-0.2, 0) is 4.79 Å². The molecule has 1 amide bonds. The number of rotatable bonds is 6. The molecule has 0 atom stereocenters. The van der Waals surface area contributed by atoms with Gasteiger partial charge in [0.2, 0.25) is 0 Å². The third-order valence-electron chi connectivity index (χ3n) is 3.73. The van der Waals surface area contributed by atoms with Gasteiger partial charge in [-0.1, -0.05) is 30.3 Å². The zero-order chi connectivity index (χ0) is 19.2. The number of benzene rings is 2. The largest absolute Gasteiger partial charge is 0.491 e. The summed E-state index contributed by atoms with van der Waals surface area (Å²) in [4.78, 5) is 19.9. The SMILES string of the molecule is CC(C)N=C1SC(=Cc2ccc(OCCO)cc2)C(=O)N1c1ccccc1. The third kappa shape index (κ3) is 4.78. The Balaban J connectivity index is 1.88. The van der Waals surface area contributed by atoms with E-state index in [-0.39, 0.29) is 25.2 Å². The number of aliphatic hydroxyl groups is 1. The summed E-state index contributed by atoms with van der Waals surface area (Å²) in [5.74, 6) is 0.607. The fourth-order valence-corrected chi connectivity index (χ4v) is 3.67. The zero-order valence-electron chi connectivity index (χ0n) is 15.3. The molecule has 2 aromatic rings. The first-order valence-electron chi connectivity index (χ1n) is 8.79. The molecule has 0 bridgehead atoms. The number of hydrogen-bond acceptors (Lipinski definition) is 5. The second kappa shape index (κ2) is 8.88. The van der Waals surface area contributed by atoms with Crippen LogP contribution in [0, 0.1) is 0 Å². The molecule has 0 aliphatic carbocycles. The maximum atomic E-state index is 13.0. The molecule has 0 radical (unpaired) electrons. The van der Waals surface area contributed by atoms with Crippen molar-refractivity contribution in [3.63, 3.8) is 0 Å². The highest BCUT2D eigenvalue weighted by Crippen LogP contribution is 2.36. The highest BCUT2D eigenvalue weighted by molar-refractivity contribution is 8.19. The van der Waals surface area contributed by atoms with Crippen LogP contribution in [0.2, 0.25) is 0 Å². The Kier molecular flexibility index (Phi) is 6.32. The molecule has 2 aromatic carbocycles. The molecule has 0 spiro atoms. The van der Waals surface area contributed by atoms with Gasteiger partial charge in [-0.25, -0.2) is 0 Å². The lowest BCUT2D eigenvalue weighted by atomic mass is 10.2. The number of nitrogens with zero attached hydrogens (tertiary/aromatic N) is 2. The van der Waals surface area contributed by atoms with Crippen molar-refractivity contribution in [3.8, 4) is 5.75 Å². The minimum Gasteiger partial charge on any atom is -0.491 e. The van der Waals surface area contributed by atoms with Gasteiger partial charge in [-0.2, -0.15) is 0 Å². The number of carbonyl (C=O) groups excluding carboxylic acids is 1. The van der Waals surface area contributed by atoms with Crippen LogP contribution in [0.25, 0.3) is 6.08 Å². The fourth-order valence-electron chi connectivity index (χ4n) is 2.56. The maximum absolute atomic E-state index is 13.0. The summed E-state index contributed by atoms with van der Waals surface area (Å²) < 4.78 is 5.37. The molecule has 1 N–H and O–H groups in total. The average molecular weight is 382 g/mol. The molecule has 5 nitrogen and oxygen atoms in total. The molecule has 0 aromatic heterocycles. The second-order valence-corrected chi connectivity index (χ2v) is 7.24. The Labute approximate surface area is 163 Å². The lowest BCUT2D eigenvalue weighted by molar-refractivity contribution is -0.113. The van der Waals surface area contributed by atoms with Crippen LogP contribution in [-0.4, -0.2) is 35.4 Å². The molecular formula is C21H22N2O3S. The molecule has 1 aliphatic heterocycles. The number of amides is 1. The van der Waals surface area contributed by atoms with Gasteiger partial charge in [0.25, 0.3) is 5.91 Å². The van der Waals surface area contributed by atoms with E-state index in [1.165, 1.54) is 11.8 Å². The lowest BCUT2D eigenvalue weighted by Crippen LogP contribution is -2.29. The van der Waals surface area contributed by atoms with E-state index in [1.807, 2.05) is 74.5 Å². The first-order chi connectivity index (χ1) is 13.1. The highest BCUT2D eigenvalue weighted by Gasteiger charge is 2.34. The number of anilines is 1. The first-order valence-corrected chi connectivity index (χ1v) is 9.60. The standard InChI is InChI=1S/C21H22N2O3S/c1-15(2)22-21-23(17-6-4-3-5-7-17)20(25)19(27-21)14-16-8-10-18(11-9-16)26-13-12-24/h3-11,14-15,24H,12-13H2,1-2H3. The van der Waals surface area contributed by atoms with E-state index >= 15 is 0 Å². The van der Waals surface area contributed by atoms with E-state index in [4.69, 9.17) is 9.84 Å². The van der Waals surface area contributed by atoms with Gasteiger partial charge in [-0.05, 0) is 61.5 Å². The minimum atomic E-state index is -0.0776. The van der Waals surface area contributed by atoms with Crippen LogP contribution in [0.1, 0.15) is 19.4 Å². The third-order valence-corrected chi connectivity index (χ3v) is 4.71. The Morgan fingerprint density at radius 2 is 1.85 bits per heavy atom. The minimum absolute atomic E-state index is 0.0236. The molecule has 0 saturated carbocycles. The van der Waals surface area contributed by atoms with E-state index in [1.54, 1.807) is 4.90 Å². The van der Waals surface area contributed by atoms with E-state index < -0.39 is 0 Å². The molecule has 27 heavy (non-hydrogen) atoms. The van der Waals surface area contributed by atoms with Crippen LogP contribution < -0.4 is 9.64 Å².